The molecule has 1 aliphatic heterocycles. The molecule has 1 aromatic carbocycles. The zero-order chi connectivity index (χ0) is 17.0. The minimum absolute atomic E-state index is 0.0323. The molecule has 1 heterocycles. The molecule has 2 aliphatic rings. The van der Waals surface area contributed by atoms with Crippen LogP contribution in [0.5, 0.6) is 0 Å². The molecule has 3 rings (SSSR count). The van der Waals surface area contributed by atoms with E-state index in [0.717, 1.165) is 25.7 Å². The van der Waals surface area contributed by atoms with Crippen LogP contribution in [0.1, 0.15) is 69.8 Å². The summed E-state index contributed by atoms with van der Waals surface area (Å²) in [6.45, 7) is 0. The number of para-hydroxylation sites is 1. The van der Waals surface area contributed by atoms with Crippen molar-refractivity contribution < 1.29 is 14.7 Å². The van der Waals surface area contributed by atoms with Crippen molar-refractivity contribution in [2.24, 2.45) is 5.92 Å². The van der Waals surface area contributed by atoms with Gasteiger partial charge in [0.05, 0.1) is 5.92 Å². The van der Waals surface area contributed by atoms with Crippen LogP contribution in [-0.4, -0.2) is 16.8 Å². The third-order valence-electron chi connectivity index (χ3n) is 5.49. The number of ketones is 1. The molecule has 0 radical (unpaired) electrons. The molecule has 1 amide bonds. The van der Waals surface area contributed by atoms with E-state index in [9.17, 15) is 14.7 Å². The van der Waals surface area contributed by atoms with Crippen molar-refractivity contribution >= 4 is 17.4 Å². The predicted molar refractivity (Wildman–Crippen MR) is 93.6 cm³/mol. The number of hydrogen-bond acceptors (Lipinski definition) is 3. The first-order chi connectivity index (χ1) is 11.6. The number of Topliss-reactive ketones (excluding diaryl/α,β-unsaturated/α-hetero) is 1. The van der Waals surface area contributed by atoms with Crippen LogP contribution in [0.25, 0.3) is 0 Å². The Kier molecular flexibility index (Phi) is 5.34. The van der Waals surface area contributed by atoms with Gasteiger partial charge in [0.2, 0.25) is 0 Å². The Morgan fingerprint density at radius 3 is 2.29 bits per heavy atom. The Bertz CT molecular complexity index is 613. The number of aliphatic hydroxyl groups is 1. The highest BCUT2D eigenvalue weighted by molar-refractivity contribution is 6.07. The largest absolute Gasteiger partial charge is 0.375 e. The van der Waals surface area contributed by atoms with E-state index in [1.54, 1.807) is 12.1 Å². The lowest BCUT2D eigenvalue weighted by atomic mass is 9.75. The standard InChI is InChI=1S/C20H27NO3/c22-18-14-8-6-4-2-1-3-5-7-12-16(18)20(24)15-11-9-10-13-17(15)21-19(20)23/h9-11,13,16,24H,1-8,12,14H2,(H,21,23). The van der Waals surface area contributed by atoms with Gasteiger partial charge >= 0.3 is 0 Å². The summed E-state index contributed by atoms with van der Waals surface area (Å²) in [7, 11) is 0. The quantitative estimate of drug-likeness (QED) is 0.820. The third kappa shape index (κ3) is 3.25. The highest BCUT2D eigenvalue weighted by Crippen LogP contribution is 2.43. The molecule has 2 atom stereocenters. The maximum absolute atomic E-state index is 12.8. The molecule has 0 spiro atoms. The number of anilines is 1. The van der Waals surface area contributed by atoms with Crippen molar-refractivity contribution in [1.82, 2.24) is 0 Å². The molecular formula is C20H27NO3. The molecule has 24 heavy (non-hydrogen) atoms. The van der Waals surface area contributed by atoms with E-state index < -0.39 is 17.4 Å². The third-order valence-corrected chi connectivity index (χ3v) is 5.49. The molecule has 1 fully saturated rings. The Balaban J connectivity index is 1.87. The SMILES string of the molecule is O=C1CCCCCCCCCCC1C1(O)C(=O)Nc2ccccc21. The fourth-order valence-corrected chi connectivity index (χ4v) is 4.10. The first-order valence-electron chi connectivity index (χ1n) is 9.30. The lowest BCUT2D eigenvalue weighted by Crippen LogP contribution is -2.45. The van der Waals surface area contributed by atoms with Gasteiger partial charge in [-0.3, -0.25) is 9.59 Å². The van der Waals surface area contributed by atoms with Crippen LogP contribution in [0, 0.1) is 5.92 Å². The Labute approximate surface area is 143 Å². The second-order valence-electron chi connectivity index (χ2n) is 7.15. The summed E-state index contributed by atoms with van der Waals surface area (Å²) in [5.74, 6) is -1.06. The number of rotatable bonds is 1. The van der Waals surface area contributed by atoms with Crippen molar-refractivity contribution in [3.05, 3.63) is 29.8 Å². The van der Waals surface area contributed by atoms with Gasteiger partial charge in [-0.1, -0.05) is 63.1 Å². The van der Waals surface area contributed by atoms with Crippen molar-refractivity contribution in [3.63, 3.8) is 0 Å². The van der Waals surface area contributed by atoms with Crippen LogP contribution >= 0.6 is 0 Å². The van der Waals surface area contributed by atoms with Crippen molar-refractivity contribution in [3.8, 4) is 0 Å². The summed E-state index contributed by atoms with van der Waals surface area (Å²) >= 11 is 0. The normalized spacial score (nSPS) is 29.3. The van der Waals surface area contributed by atoms with Crippen LogP contribution in [-0.2, 0) is 15.2 Å². The van der Waals surface area contributed by atoms with Gasteiger partial charge in [-0.2, -0.15) is 0 Å². The topological polar surface area (TPSA) is 66.4 Å². The Morgan fingerprint density at radius 2 is 1.54 bits per heavy atom. The van der Waals surface area contributed by atoms with E-state index in [-0.39, 0.29) is 5.78 Å². The maximum atomic E-state index is 12.8. The molecule has 4 nitrogen and oxygen atoms in total. The molecule has 1 saturated carbocycles. The molecule has 0 aromatic heterocycles. The first-order valence-corrected chi connectivity index (χ1v) is 9.30. The molecule has 0 saturated heterocycles. The minimum Gasteiger partial charge on any atom is -0.375 e. The average molecular weight is 329 g/mol. The Morgan fingerprint density at radius 1 is 0.917 bits per heavy atom. The van der Waals surface area contributed by atoms with Gasteiger partial charge in [0.1, 0.15) is 5.78 Å². The highest BCUT2D eigenvalue weighted by Gasteiger charge is 2.52. The monoisotopic (exact) mass is 329 g/mol. The number of hydrogen-bond donors (Lipinski definition) is 2. The van der Waals surface area contributed by atoms with Crippen LogP contribution < -0.4 is 5.32 Å². The van der Waals surface area contributed by atoms with Gasteiger partial charge in [-0.05, 0) is 18.9 Å². The van der Waals surface area contributed by atoms with E-state index in [4.69, 9.17) is 0 Å². The summed E-state index contributed by atoms with van der Waals surface area (Å²) in [6.07, 6.45) is 9.72. The van der Waals surface area contributed by atoms with Gasteiger partial charge in [-0.25, -0.2) is 0 Å². The van der Waals surface area contributed by atoms with Crippen LogP contribution in [0.2, 0.25) is 0 Å². The maximum Gasteiger partial charge on any atom is 0.261 e. The summed E-state index contributed by atoms with van der Waals surface area (Å²) in [6, 6.07) is 7.18. The van der Waals surface area contributed by atoms with Crippen molar-refractivity contribution in [2.75, 3.05) is 5.32 Å². The summed E-state index contributed by atoms with van der Waals surface area (Å²) in [5.41, 5.74) is -0.526. The second kappa shape index (κ2) is 7.47. The van der Waals surface area contributed by atoms with Gasteiger partial charge in [0, 0.05) is 17.7 Å². The number of amides is 1. The van der Waals surface area contributed by atoms with Crippen LogP contribution in [0.15, 0.2) is 24.3 Å². The van der Waals surface area contributed by atoms with Gasteiger partial charge < -0.3 is 10.4 Å². The lowest BCUT2D eigenvalue weighted by Gasteiger charge is -2.30. The van der Waals surface area contributed by atoms with Crippen LogP contribution in [0.4, 0.5) is 5.69 Å². The zero-order valence-corrected chi connectivity index (χ0v) is 14.2. The average Bonchev–Trinajstić information content (AvgIpc) is 2.83. The van der Waals surface area contributed by atoms with E-state index in [1.807, 2.05) is 12.1 Å². The summed E-state index contributed by atoms with van der Waals surface area (Å²) in [5, 5.41) is 14.0. The molecular weight excluding hydrogens is 302 g/mol. The lowest BCUT2D eigenvalue weighted by molar-refractivity contribution is -0.149. The van der Waals surface area contributed by atoms with E-state index in [0.29, 0.717) is 24.1 Å². The highest BCUT2D eigenvalue weighted by atomic mass is 16.3. The number of benzene rings is 1. The molecule has 130 valence electrons. The smallest absolute Gasteiger partial charge is 0.261 e. The minimum atomic E-state index is -1.71. The van der Waals surface area contributed by atoms with Gasteiger partial charge in [0.15, 0.2) is 5.60 Å². The zero-order valence-electron chi connectivity index (χ0n) is 14.2. The molecule has 1 aliphatic carbocycles. The number of fused-ring (bicyclic) bond motifs is 1. The van der Waals surface area contributed by atoms with Crippen molar-refractivity contribution in [2.45, 2.75) is 69.8 Å². The number of nitrogens with one attached hydrogen (secondary N) is 1. The second-order valence-corrected chi connectivity index (χ2v) is 7.15. The molecule has 2 N–H and O–H groups in total. The molecule has 0 bridgehead atoms. The van der Waals surface area contributed by atoms with Gasteiger partial charge in [-0.15, -0.1) is 0 Å². The molecule has 4 heteroatoms. The van der Waals surface area contributed by atoms with E-state index in [1.165, 1.54) is 25.7 Å². The number of carbonyl (C=O) groups is 2. The fraction of sp³-hybridized carbons (Fsp3) is 0.600. The molecule has 2 unspecified atom stereocenters. The fourth-order valence-electron chi connectivity index (χ4n) is 4.10. The summed E-state index contributed by atoms with van der Waals surface area (Å²) in [4.78, 5) is 25.4. The van der Waals surface area contributed by atoms with Crippen LogP contribution in [0.3, 0.4) is 0 Å². The molecule has 1 aromatic rings. The number of carbonyl (C=O) groups excluding carboxylic acids is 2. The van der Waals surface area contributed by atoms with Crippen molar-refractivity contribution in [1.29, 1.82) is 0 Å². The summed E-state index contributed by atoms with van der Waals surface area (Å²) < 4.78 is 0. The van der Waals surface area contributed by atoms with E-state index >= 15 is 0 Å². The van der Waals surface area contributed by atoms with E-state index in [2.05, 4.69) is 5.32 Å². The Hall–Kier alpha value is -1.68. The predicted octanol–water partition coefficient (Wildman–Crippen LogP) is 3.93. The van der Waals surface area contributed by atoms with Gasteiger partial charge in [0.25, 0.3) is 5.91 Å². The first kappa shape index (κ1) is 17.2.